The second kappa shape index (κ2) is 5.40. The fourth-order valence-corrected chi connectivity index (χ4v) is 3.70. The molecule has 0 spiro atoms. The number of hydrogen-bond acceptors (Lipinski definition) is 1. The summed E-state index contributed by atoms with van der Waals surface area (Å²) in [5.74, 6) is 0. The minimum atomic E-state index is -0.0654. The average molecular weight is 356 g/mol. The summed E-state index contributed by atoms with van der Waals surface area (Å²) >= 11 is 3.52. The van der Waals surface area contributed by atoms with E-state index < -0.39 is 0 Å². The highest BCUT2D eigenvalue weighted by Crippen LogP contribution is 2.35. The molecule has 0 unspecified atom stereocenters. The van der Waals surface area contributed by atoms with Crippen LogP contribution < -0.4 is 5.43 Å². The topological polar surface area (TPSA) is 22.0 Å². The molecule has 1 aromatic heterocycles. The van der Waals surface area contributed by atoms with Crippen LogP contribution in [0.1, 0.15) is 20.8 Å². The van der Waals surface area contributed by atoms with Crippen LogP contribution in [0.3, 0.4) is 0 Å². The number of fused-ring (bicyclic) bond motifs is 2. The van der Waals surface area contributed by atoms with E-state index in [1.54, 1.807) is 0 Å². The first-order chi connectivity index (χ1) is 10.4. The Bertz CT molecular complexity index is 885. The van der Waals surface area contributed by atoms with E-state index >= 15 is 0 Å². The number of benzene rings is 2. The van der Waals surface area contributed by atoms with Crippen molar-refractivity contribution in [2.75, 3.05) is 0 Å². The van der Waals surface area contributed by atoms with E-state index in [9.17, 15) is 4.79 Å². The van der Waals surface area contributed by atoms with Gasteiger partial charge in [0.1, 0.15) is 0 Å². The summed E-state index contributed by atoms with van der Waals surface area (Å²) in [6, 6.07) is 15.6. The van der Waals surface area contributed by atoms with Gasteiger partial charge in [-0.05, 0) is 24.3 Å². The minimum absolute atomic E-state index is 0.0654. The summed E-state index contributed by atoms with van der Waals surface area (Å²) in [6.45, 7) is 6.51. The number of allylic oxidation sites excluding steroid dienone is 1. The molecule has 0 aliphatic carbocycles. The van der Waals surface area contributed by atoms with Crippen molar-refractivity contribution in [1.82, 2.24) is 4.57 Å². The predicted molar refractivity (Wildman–Crippen MR) is 98.4 cm³/mol. The summed E-state index contributed by atoms with van der Waals surface area (Å²) in [5, 5.41) is 1.50. The van der Waals surface area contributed by atoms with Crippen LogP contribution in [-0.2, 0) is 0 Å². The number of aromatic nitrogens is 1. The molecule has 0 atom stereocenters. The summed E-state index contributed by atoms with van der Waals surface area (Å²) in [4.78, 5) is 14.7. The molecule has 0 N–H and O–H groups in total. The molecule has 1 heterocycles. The third-order valence-electron chi connectivity index (χ3n) is 3.89. The van der Waals surface area contributed by atoms with Crippen molar-refractivity contribution in [3.63, 3.8) is 0 Å². The molecule has 0 radical (unpaired) electrons. The Balaban J connectivity index is 2.61. The molecule has 112 valence electrons. The van der Waals surface area contributed by atoms with Gasteiger partial charge in [-0.25, -0.2) is 0 Å². The molecule has 3 rings (SSSR count). The SMILES string of the molecule is CC(C)(C)/C(=C\Br)n1c2ccccc2c(=O)c2ccccc21. The number of rotatable bonds is 1. The van der Waals surface area contributed by atoms with E-state index in [4.69, 9.17) is 0 Å². The average Bonchev–Trinajstić information content (AvgIpc) is 2.50. The Morgan fingerprint density at radius 2 is 1.41 bits per heavy atom. The number of pyridine rings is 1. The van der Waals surface area contributed by atoms with Gasteiger partial charge in [0, 0.05) is 26.9 Å². The predicted octanol–water partition coefficient (Wildman–Crippen LogP) is 5.39. The van der Waals surface area contributed by atoms with E-state index in [0.717, 1.165) is 27.5 Å². The van der Waals surface area contributed by atoms with Gasteiger partial charge in [-0.3, -0.25) is 4.79 Å². The fraction of sp³-hybridized carbons (Fsp3) is 0.211. The van der Waals surface area contributed by atoms with Crippen LogP contribution in [0.15, 0.2) is 58.3 Å². The standard InChI is InChI=1S/C19H18BrNO/c1-19(2,3)17(12-20)21-15-10-6-4-8-13(15)18(22)14-9-5-7-11-16(14)21/h4-12H,1-3H3/b17-12+. The highest BCUT2D eigenvalue weighted by atomic mass is 79.9. The van der Waals surface area contributed by atoms with Gasteiger partial charge >= 0.3 is 0 Å². The van der Waals surface area contributed by atoms with Gasteiger partial charge in [-0.15, -0.1) is 0 Å². The van der Waals surface area contributed by atoms with Gasteiger partial charge in [0.15, 0.2) is 5.43 Å². The number of nitrogens with zero attached hydrogens (tertiary/aromatic N) is 1. The summed E-state index contributed by atoms with van der Waals surface area (Å²) in [7, 11) is 0. The fourth-order valence-electron chi connectivity index (χ4n) is 2.80. The zero-order valence-corrected chi connectivity index (χ0v) is 14.5. The third kappa shape index (κ3) is 2.30. The second-order valence-electron chi connectivity index (χ2n) is 6.44. The Labute approximate surface area is 138 Å². The van der Waals surface area contributed by atoms with E-state index in [0.29, 0.717) is 0 Å². The van der Waals surface area contributed by atoms with E-state index in [2.05, 4.69) is 41.3 Å². The Morgan fingerprint density at radius 1 is 0.955 bits per heavy atom. The van der Waals surface area contributed by atoms with Crippen molar-refractivity contribution in [2.45, 2.75) is 20.8 Å². The second-order valence-corrected chi connectivity index (χ2v) is 6.90. The quantitative estimate of drug-likeness (QED) is 0.536. The lowest BCUT2D eigenvalue weighted by Crippen LogP contribution is -2.18. The zero-order valence-electron chi connectivity index (χ0n) is 12.9. The van der Waals surface area contributed by atoms with Crippen molar-refractivity contribution < 1.29 is 0 Å². The normalized spacial score (nSPS) is 13.0. The molecule has 2 nitrogen and oxygen atoms in total. The van der Waals surface area contributed by atoms with Gasteiger partial charge in [0.05, 0.1) is 11.0 Å². The first-order valence-electron chi connectivity index (χ1n) is 7.29. The van der Waals surface area contributed by atoms with Gasteiger partial charge in [-0.1, -0.05) is 61.0 Å². The summed E-state index contributed by atoms with van der Waals surface area (Å²) in [6.07, 6.45) is 0. The molecular formula is C19H18BrNO. The molecule has 0 amide bonds. The molecule has 0 aliphatic heterocycles. The van der Waals surface area contributed by atoms with Gasteiger partial charge < -0.3 is 4.57 Å². The van der Waals surface area contributed by atoms with Gasteiger partial charge in [-0.2, -0.15) is 0 Å². The first-order valence-corrected chi connectivity index (χ1v) is 8.20. The lowest BCUT2D eigenvalue weighted by atomic mass is 9.91. The molecule has 0 saturated carbocycles. The molecular weight excluding hydrogens is 338 g/mol. The largest absolute Gasteiger partial charge is 0.312 e. The number of hydrogen-bond donors (Lipinski definition) is 0. The van der Waals surface area contributed by atoms with Crippen molar-refractivity contribution in [3.8, 4) is 0 Å². The van der Waals surface area contributed by atoms with Gasteiger partial charge in [0.25, 0.3) is 0 Å². The first kappa shape index (κ1) is 15.0. The highest BCUT2D eigenvalue weighted by Gasteiger charge is 2.22. The van der Waals surface area contributed by atoms with Crippen LogP contribution in [0.5, 0.6) is 0 Å². The maximum absolute atomic E-state index is 12.8. The van der Waals surface area contributed by atoms with Crippen LogP contribution in [0.4, 0.5) is 0 Å². The molecule has 0 aliphatic rings. The molecule has 0 fully saturated rings. The molecule has 2 aromatic carbocycles. The van der Waals surface area contributed by atoms with Gasteiger partial charge in [0.2, 0.25) is 0 Å². The smallest absolute Gasteiger partial charge is 0.197 e. The Hall–Kier alpha value is -1.87. The van der Waals surface area contributed by atoms with Crippen LogP contribution in [0, 0.1) is 5.41 Å². The summed E-state index contributed by atoms with van der Waals surface area (Å²) in [5.41, 5.74) is 3.01. The molecule has 3 heteroatoms. The zero-order chi connectivity index (χ0) is 15.9. The maximum atomic E-state index is 12.8. The third-order valence-corrected chi connectivity index (χ3v) is 4.33. The molecule has 22 heavy (non-hydrogen) atoms. The molecule has 3 aromatic rings. The van der Waals surface area contributed by atoms with Crippen molar-refractivity contribution in [1.29, 1.82) is 0 Å². The summed E-state index contributed by atoms with van der Waals surface area (Å²) < 4.78 is 2.18. The monoisotopic (exact) mass is 355 g/mol. The van der Waals surface area contributed by atoms with Crippen LogP contribution in [0.25, 0.3) is 27.5 Å². The van der Waals surface area contributed by atoms with Crippen molar-refractivity contribution in [3.05, 3.63) is 63.7 Å². The number of halogens is 1. The highest BCUT2D eigenvalue weighted by molar-refractivity contribution is 9.11. The van der Waals surface area contributed by atoms with E-state index in [-0.39, 0.29) is 10.8 Å². The lowest BCUT2D eigenvalue weighted by Gasteiger charge is -2.27. The van der Waals surface area contributed by atoms with Crippen molar-refractivity contribution >= 4 is 43.4 Å². The Morgan fingerprint density at radius 3 is 1.82 bits per heavy atom. The van der Waals surface area contributed by atoms with E-state index in [1.165, 1.54) is 0 Å². The van der Waals surface area contributed by atoms with E-state index in [1.807, 2.05) is 53.5 Å². The lowest BCUT2D eigenvalue weighted by molar-refractivity contribution is 0.545. The maximum Gasteiger partial charge on any atom is 0.197 e. The van der Waals surface area contributed by atoms with Crippen LogP contribution >= 0.6 is 15.9 Å². The molecule has 0 saturated heterocycles. The minimum Gasteiger partial charge on any atom is -0.312 e. The van der Waals surface area contributed by atoms with Crippen molar-refractivity contribution in [2.24, 2.45) is 5.41 Å². The van der Waals surface area contributed by atoms with Crippen LogP contribution in [-0.4, -0.2) is 4.57 Å². The van der Waals surface area contributed by atoms with Crippen LogP contribution in [0.2, 0.25) is 0 Å². The Kier molecular flexibility index (Phi) is 3.69. The number of para-hydroxylation sites is 2. The molecule has 0 bridgehead atoms.